The molecule has 0 aliphatic carbocycles. The number of fused-ring (bicyclic) bond motifs is 1. The van der Waals surface area contributed by atoms with Gasteiger partial charge in [0, 0.05) is 29.7 Å². The molecule has 1 aliphatic rings. The summed E-state index contributed by atoms with van der Waals surface area (Å²) < 4.78 is 63.1. The van der Waals surface area contributed by atoms with E-state index in [0.717, 1.165) is 5.39 Å². The molecule has 3 aromatic rings. The number of anilines is 1. The quantitative estimate of drug-likeness (QED) is 0.267. The zero-order chi connectivity index (χ0) is 25.7. The summed E-state index contributed by atoms with van der Waals surface area (Å²) >= 11 is 5.27. The smallest absolute Gasteiger partial charge is 0.387 e. The summed E-state index contributed by atoms with van der Waals surface area (Å²) in [5.41, 5.74) is 4.00. The lowest BCUT2D eigenvalue weighted by Crippen LogP contribution is -2.40. The molecule has 0 spiro atoms. The summed E-state index contributed by atoms with van der Waals surface area (Å²) in [6.45, 7) is 0.0161. The molecule has 190 valence electrons. The monoisotopic (exact) mass is 534 g/mol. The SMILES string of the molecule is C/C(=N\NC(=S)Nc1ccc(S(=O)(=O)N2CCOCC2)cc1)c1ccc2ccccc2c1OC(F)F. The van der Waals surface area contributed by atoms with E-state index in [0.29, 0.717) is 48.7 Å². The second-order valence-corrected chi connectivity index (χ2v) is 10.2. The molecule has 8 nitrogen and oxygen atoms in total. The van der Waals surface area contributed by atoms with Crippen LogP contribution in [0.5, 0.6) is 5.75 Å². The Kier molecular flexibility index (Phi) is 8.09. The van der Waals surface area contributed by atoms with Gasteiger partial charge in [-0.3, -0.25) is 5.43 Å². The molecule has 0 bridgehead atoms. The first-order valence-electron chi connectivity index (χ1n) is 11.0. The largest absolute Gasteiger partial charge is 0.433 e. The molecular weight excluding hydrogens is 510 g/mol. The Morgan fingerprint density at radius 1 is 1.08 bits per heavy atom. The molecule has 0 amide bonds. The molecule has 3 aromatic carbocycles. The van der Waals surface area contributed by atoms with Crippen LogP contribution >= 0.6 is 12.2 Å². The van der Waals surface area contributed by atoms with Crippen LogP contribution < -0.4 is 15.5 Å². The normalized spacial score (nSPS) is 15.2. The predicted molar refractivity (Wildman–Crippen MR) is 138 cm³/mol. The lowest BCUT2D eigenvalue weighted by Gasteiger charge is -2.26. The summed E-state index contributed by atoms with van der Waals surface area (Å²) in [6, 6.07) is 16.7. The fourth-order valence-corrected chi connectivity index (χ4v) is 5.32. The number of halogens is 2. The molecule has 1 saturated heterocycles. The number of benzene rings is 3. The third-order valence-electron chi connectivity index (χ3n) is 5.52. The van der Waals surface area contributed by atoms with Gasteiger partial charge in [0.15, 0.2) is 5.11 Å². The second-order valence-electron chi connectivity index (χ2n) is 7.85. The average Bonchev–Trinajstić information content (AvgIpc) is 2.88. The Morgan fingerprint density at radius 2 is 1.78 bits per heavy atom. The van der Waals surface area contributed by atoms with E-state index in [1.807, 2.05) is 6.07 Å². The number of alkyl halides is 2. The molecule has 0 radical (unpaired) electrons. The standard InChI is InChI=1S/C24H24F2N4O4S2/c1-16(20-11-6-17-4-2-3-5-21(17)22(20)34-23(25)26)28-29-24(35)27-18-7-9-19(10-8-18)36(31,32)30-12-14-33-15-13-30/h2-11,23H,12-15H2,1H3,(H2,27,29,35)/b28-16+. The minimum atomic E-state index is -3.60. The molecule has 1 heterocycles. The molecule has 0 unspecified atom stereocenters. The molecule has 1 aliphatic heterocycles. The van der Waals surface area contributed by atoms with Crippen molar-refractivity contribution in [3.05, 3.63) is 66.2 Å². The van der Waals surface area contributed by atoms with Crippen LogP contribution in [0.2, 0.25) is 0 Å². The highest BCUT2D eigenvalue weighted by Crippen LogP contribution is 2.31. The topological polar surface area (TPSA) is 92.3 Å². The second kappa shape index (κ2) is 11.2. The van der Waals surface area contributed by atoms with Gasteiger partial charge in [0.05, 0.1) is 23.8 Å². The summed E-state index contributed by atoms with van der Waals surface area (Å²) in [5, 5.41) is 8.56. The first kappa shape index (κ1) is 25.9. The predicted octanol–water partition coefficient (Wildman–Crippen LogP) is 4.17. The van der Waals surface area contributed by atoms with Crippen molar-refractivity contribution in [3.63, 3.8) is 0 Å². The van der Waals surface area contributed by atoms with E-state index in [2.05, 4.69) is 15.8 Å². The highest BCUT2D eigenvalue weighted by molar-refractivity contribution is 7.89. The van der Waals surface area contributed by atoms with Gasteiger partial charge in [0.1, 0.15) is 5.75 Å². The van der Waals surface area contributed by atoms with Gasteiger partial charge < -0.3 is 14.8 Å². The van der Waals surface area contributed by atoms with Crippen LogP contribution in [0.4, 0.5) is 14.5 Å². The van der Waals surface area contributed by atoms with E-state index < -0.39 is 16.6 Å². The number of nitrogens with zero attached hydrogens (tertiary/aromatic N) is 2. The first-order chi connectivity index (χ1) is 17.3. The van der Waals surface area contributed by atoms with Crippen LogP contribution in [-0.2, 0) is 14.8 Å². The number of ether oxygens (including phenoxy) is 2. The molecule has 4 rings (SSSR count). The van der Waals surface area contributed by atoms with Crippen LogP contribution in [0.15, 0.2) is 70.7 Å². The third kappa shape index (κ3) is 5.95. The lowest BCUT2D eigenvalue weighted by molar-refractivity contribution is -0.0489. The zero-order valence-corrected chi connectivity index (χ0v) is 20.9. The summed E-state index contributed by atoms with van der Waals surface area (Å²) in [4.78, 5) is 0.172. The van der Waals surface area contributed by atoms with Crippen molar-refractivity contribution in [1.82, 2.24) is 9.73 Å². The summed E-state index contributed by atoms with van der Waals surface area (Å²) in [6.07, 6.45) is 0. The van der Waals surface area contributed by atoms with Crippen LogP contribution in [0.1, 0.15) is 12.5 Å². The maximum Gasteiger partial charge on any atom is 0.387 e. The fourth-order valence-electron chi connectivity index (χ4n) is 3.74. The fraction of sp³-hybridized carbons (Fsp3) is 0.250. The molecule has 0 aromatic heterocycles. The van der Waals surface area contributed by atoms with Crippen molar-refractivity contribution in [2.45, 2.75) is 18.4 Å². The van der Waals surface area contributed by atoms with E-state index >= 15 is 0 Å². The molecule has 1 fully saturated rings. The highest BCUT2D eigenvalue weighted by Gasteiger charge is 2.26. The van der Waals surface area contributed by atoms with Crippen molar-refractivity contribution in [1.29, 1.82) is 0 Å². The number of sulfonamides is 1. The van der Waals surface area contributed by atoms with E-state index in [-0.39, 0.29) is 15.8 Å². The maximum absolute atomic E-state index is 13.1. The van der Waals surface area contributed by atoms with Crippen molar-refractivity contribution in [2.24, 2.45) is 5.10 Å². The number of thiocarbonyl (C=S) groups is 1. The van der Waals surface area contributed by atoms with Crippen molar-refractivity contribution in [3.8, 4) is 5.75 Å². The number of nitrogens with one attached hydrogen (secondary N) is 2. The van der Waals surface area contributed by atoms with E-state index in [1.54, 1.807) is 49.4 Å². The third-order valence-corrected chi connectivity index (χ3v) is 7.63. The molecule has 36 heavy (non-hydrogen) atoms. The number of hydrogen-bond acceptors (Lipinski definition) is 6. The van der Waals surface area contributed by atoms with Crippen LogP contribution in [-0.4, -0.2) is 56.5 Å². The van der Waals surface area contributed by atoms with E-state index in [1.165, 1.54) is 16.4 Å². The molecule has 12 heteroatoms. The summed E-state index contributed by atoms with van der Waals surface area (Å²) in [5.74, 6) is 0.0297. The molecule has 2 N–H and O–H groups in total. The molecule has 0 saturated carbocycles. The van der Waals surface area contributed by atoms with E-state index in [9.17, 15) is 17.2 Å². The Bertz CT molecular complexity index is 1380. The number of hydrogen-bond donors (Lipinski definition) is 2. The summed E-state index contributed by atoms with van der Waals surface area (Å²) in [7, 11) is -3.60. The van der Waals surface area contributed by atoms with Gasteiger partial charge in [-0.2, -0.15) is 18.2 Å². The Morgan fingerprint density at radius 3 is 2.47 bits per heavy atom. The Balaban J connectivity index is 1.45. The minimum Gasteiger partial charge on any atom is -0.433 e. The van der Waals surface area contributed by atoms with Crippen molar-refractivity contribution >= 4 is 49.5 Å². The van der Waals surface area contributed by atoms with Gasteiger partial charge in [-0.05, 0) is 54.9 Å². The van der Waals surface area contributed by atoms with Gasteiger partial charge >= 0.3 is 6.61 Å². The zero-order valence-electron chi connectivity index (χ0n) is 19.3. The van der Waals surface area contributed by atoms with Crippen LogP contribution in [0.3, 0.4) is 0 Å². The van der Waals surface area contributed by atoms with Crippen LogP contribution in [0, 0.1) is 0 Å². The maximum atomic E-state index is 13.1. The van der Waals surface area contributed by atoms with Crippen molar-refractivity contribution < 1.29 is 26.7 Å². The Hall–Kier alpha value is -3.19. The van der Waals surface area contributed by atoms with Crippen LogP contribution in [0.25, 0.3) is 10.8 Å². The Labute approximate surface area is 212 Å². The van der Waals surface area contributed by atoms with Gasteiger partial charge in [-0.25, -0.2) is 8.42 Å². The number of hydrazone groups is 1. The average molecular weight is 535 g/mol. The van der Waals surface area contributed by atoms with Gasteiger partial charge in [-0.15, -0.1) is 0 Å². The number of morpholine rings is 1. The minimum absolute atomic E-state index is 0.0297. The van der Waals surface area contributed by atoms with Gasteiger partial charge in [-0.1, -0.05) is 30.3 Å². The highest BCUT2D eigenvalue weighted by atomic mass is 32.2. The van der Waals surface area contributed by atoms with Gasteiger partial charge in [0.2, 0.25) is 10.0 Å². The molecular formula is C24H24F2N4O4S2. The first-order valence-corrected chi connectivity index (χ1v) is 12.9. The molecule has 0 atom stereocenters. The lowest BCUT2D eigenvalue weighted by atomic mass is 10.0. The number of rotatable bonds is 7. The van der Waals surface area contributed by atoms with Crippen molar-refractivity contribution in [2.75, 3.05) is 31.6 Å². The van der Waals surface area contributed by atoms with E-state index in [4.69, 9.17) is 21.7 Å². The van der Waals surface area contributed by atoms with Gasteiger partial charge in [0.25, 0.3) is 0 Å².